The van der Waals surface area contributed by atoms with Crippen LogP contribution in [0.15, 0.2) is 11.6 Å². The summed E-state index contributed by atoms with van der Waals surface area (Å²) in [6.45, 7) is 2.90. The number of nitrogens with one attached hydrogen (secondary N) is 1. The number of carboxylic acid groups (broad SMARTS) is 1. The van der Waals surface area contributed by atoms with Crippen LogP contribution >= 0.6 is 11.3 Å². The molecule has 2 heterocycles. The maximum absolute atomic E-state index is 12.1. The number of amides is 2. The largest absolute Gasteiger partial charge is 0.480 e. The van der Waals surface area contributed by atoms with Crippen LogP contribution < -0.4 is 5.32 Å². The minimum Gasteiger partial charge on any atom is -0.480 e. The molecule has 1 saturated heterocycles. The second-order valence-electron chi connectivity index (χ2n) is 4.93. The Labute approximate surface area is 121 Å². The average Bonchev–Trinajstić information content (AvgIpc) is 2.97. The van der Waals surface area contributed by atoms with Crippen LogP contribution in [0.1, 0.15) is 31.2 Å². The number of aromatic nitrogens is 1. The second-order valence-corrected chi connectivity index (χ2v) is 5.91. The number of carbonyl (C=O) groups is 2. The number of hydrogen-bond acceptors (Lipinski definition) is 4. The van der Waals surface area contributed by atoms with Crippen molar-refractivity contribution in [3.8, 4) is 0 Å². The molecule has 6 nitrogen and oxygen atoms in total. The Morgan fingerprint density at radius 1 is 1.60 bits per heavy atom. The van der Waals surface area contributed by atoms with Crippen LogP contribution in [-0.2, 0) is 11.3 Å². The molecule has 110 valence electrons. The van der Waals surface area contributed by atoms with Gasteiger partial charge in [0.05, 0.1) is 6.54 Å². The first-order valence-corrected chi connectivity index (χ1v) is 7.65. The van der Waals surface area contributed by atoms with Gasteiger partial charge in [-0.1, -0.05) is 13.3 Å². The van der Waals surface area contributed by atoms with Crippen molar-refractivity contribution in [1.29, 1.82) is 0 Å². The van der Waals surface area contributed by atoms with Crippen molar-refractivity contribution in [2.24, 2.45) is 5.92 Å². The average molecular weight is 297 g/mol. The molecule has 1 aromatic heterocycles. The molecule has 0 aliphatic carbocycles. The highest BCUT2D eigenvalue weighted by Gasteiger charge is 2.35. The fraction of sp³-hybridized carbons (Fsp3) is 0.615. The van der Waals surface area contributed by atoms with Gasteiger partial charge in [0.15, 0.2) is 0 Å². The first kappa shape index (κ1) is 14.8. The van der Waals surface area contributed by atoms with Crippen LogP contribution in [0, 0.1) is 5.92 Å². The minimum atomic E-state index is -0.924. The van der Waals surface area contributed by atoms with Gasteiger partial charge in [-0.25, -0.2) is 14.6 Å². The zero-order valence-electron chi connectivity index (χ0n) is 11.4. The zero-order valence-corrected chi connectivity index (χ0v) is 12.2. The summed E-state index contributed by atoms with van der Waals surface area (Å²) in [7, 11) is 0. The number of nitrogens with zero attached hydrogens (tertiary/aromatic N) is 2. The minimum absolute atomic E-state index is 0.317. The molecule has 2 rings (SSSR count). The van der Waals surface area contributed by atoms with E-state index < -0.39 is 12.0 Å². The van der Waals surface area contributed by atoms with E-state index in [0.29, 0.717) is 25.4 Å². The molecule has 2 N–H and O–H groups in total. The molecule has 2 amide bonds. The van der Waals surface area contributed by atoms with Gasteiger partial charge < -0.3 is 15.3 Å². The van der Waals surface area contributed by atoms with Crippen molar-refractivity contribution in [3.05, 3.63) is 16.6 Å². The molecular weight excluding hydrogens is 278 g/mol. The summed E-state index contributed by atoms with van der Waals surface area (Å²) in [4.78, 5) is 29.0. The number of aliphatic carboxylic acids is 1. The second kappa shape index (κ2) is 6.69. The van der Waals surface area contributed by atoms with Crippen molar-refractivity contribution in [3.63, 3.8) is 0 Å². The van der Waals surface area contributed by atoms with Crippen LogP contribution in [0.2, 0.25) is 0 Å². The fourth-order valence-electron chi connectivity index (χ4n) is 2.48. The Balaban J connectivity index is 1.94. The van der Waals surface area contributed by atoms with Gasteiger partial charge in [-0.05, 0) is 18.8 Å². The Morgan fingerprint density at radius 2 is 2.40 bits per heavy atom. The Morgan fingerprint density at radius 3 is 3.00 bits per heavy atom. The third-order valence-corrected chi connectivity index (χ3v) is 4.49. The van der Waals surface area contributed by atoms with Crippen molar-refractivity contribution in [1.82, 2.24) is 15.2 Å². The molecule has 0 spiro atoms. The Kier molecular flexibility index (Phi) is 4.94. The van der Waals surface area contributed by atoms with Gasteiger partial charge in [-0.15, -0.1) is 11.3 Å². The zero-order chi connectivity index (χ0) is 14.5. The number of hydrogen-bond donors (Lipinski definition) is 2. The van der Waals surface area contributed by atoms with Crippen molar-refractivity contribution in [2.75, 3.05) is 6.54 Å². The molecule has 20 heavy (non-hydrogen) atoms. The lowest BCUT2D eigenvalue weighted by Crippen LogP contribution is -2.53. The number of rotatable bonds is 4. The summed E-state index contributed by atoms with van der Waals surface area (Å²) in [5.41, 5.74) is 0. The van der Waals surface area contributed by atoms with Crippen LogP contribution in [0.3, 0.4) is 0 Å². The normalized spacial score (nSPS) is 22.6. The maximum atomic E-state index is 12.1. The summed E-state index contributed by atoms with van der Waals surface area (Å²) in [6, 6.07) is -1.04. The summed E-state index contributed by atoms with van der Waals surface area (Å²) < 4.78 is 0. The summed E-state index contributed by atoms with van der Waals surface area (Å²) in [5.74, 6) is -0.535. The molecule has 1 aromatic rings. The first-order valence-electron chi connectivity index (χ1n) is 6.77. The molecule has 0 saturated carbocycles. The van der Waals surface area contributed by atoms with E-state index in [-0.39, 0.29) is 6.03 Å². The lowest BCUT2D eigenvalue weighted by molar-refractivity contribution is -0.144. The molecule has 0 bridgehead atoms. The molecule has 0 radical (unpaired) electrons. The van der Waals surface area contributed by atoms with E-state index in [4.69, 9.17) is 0 Å². The highest BCUT2D eigenvalue weighted by atomic mass is 32.1. The highest BCUT2D eigenvalue weighted by Crippen LogP contribution is 2.25. The monoisotopic (exact) mass is 297 g/mol. The van der Waals surface area contributed by atoms with Gasteiger partial charge in [0, 0.05) is 18.1 Å². The van der Waals surface area contributed by atoms with Crippen molar-refractivity contribution in [2.45, 2.75) is 38.8 Å². The lowest BCUT2D eigenvalue weighted by Gasteiger charge is -2.36. The van der Waals surface area contributed by atoms with E-state index in [9.17, 15) is 14.7 Å². The van der Waals surface area contributed by atoms with Crippen molar-refractivity contribution >= 4 is 23.3 Å². The van der Waals surface area contributed by atoms with Gasteiger partial charge in [0.2, 0.25) is 0 Å². The van der Waals surface area contributed by atoms with Crippen LogP contribution in [-0.4, -0.2) is 39.6 Å². The van der Waals surface area contributed by atoms with Gasteiger partial charge >= 0.3 is 12.0 Å². The molecule has 2 unspecified atom stereocenters. The Hall–Kier alpha value is -1.63. The van der Waals surface area contributed by atoms with E-state index in [0.717, 1.165) is 17.8 Å². The predicted octanol–water partition coefficient (Wildman–Crippen LogP) is 1.93. The van der Waals surface area contributed by atoms with Crippen LogP contribution in [0.25, 0.3) is 0 Å². The molecular formula is C13H19N3O3S. The van der Waals surface area contributed by atoms with E-state index in [1.54, 1.807) is 6.20 Å². The summed E-state index contributed by atoms with van der Waals surface area (Å²) in [5, 5.41) is 14.7. The maximum Gasteiger partial charge on any atom is 0.326 e. The first-order chi connectivity index (χ1) is 9.61. The molecule has 0 aromatic carbocycles. The van der Waals surface area contributed by atoms with Crippen LogP contribution in [0.5, 0.6) is 0 Å². The Bertz CT molecular complexity index is 463. The predicted molar refractivity (Wildman–Crippen MR) is 75.5 cm³/mol. The van der Waals surface area contributed by atoms with Gasteiger partial charge in [-0.2, -0.15) is 0 Å². The number of piperidine rings is 1. The molecule has 1 aliphatic heterocycles. The third-order valence-electron chi connectivity index (χ3n) is 3.71. The highest BCUT2D eigenvalue weighted by molar-refractivity contribution is 7.09. The number of likely N-dealkylation sites (tertiary alicyclic amines) is 1. The van der Waals surface area contributed by atoms with Gasteiger partial charge in [0.25, 0.3) is 0 Å². The van der Waals surface area contributed by atoms with Gasteiger partial charge in [-0.3, -0.25) is 0 Å². The smallest absolute Gasteiger partial charge is 0.326 e. The number of urea groups is 1. The van der Waals surface area contributed by atoms with Gasteiger partial charge in [0.1, 0.15) is 11.0 Å². The van der Waals surface area contributed by atoms with E-state index in [1.807, 2.05) is 5.38 Å². The number of carbonyl (C=O) groups excluding carboxylic acids is 1. The summed E-state index contributed by atoms with van der Waals surface area (Å²) in [6.07, 6.45) is 4.04. The lowest BCUT2D eigenvalue weighted by atomic mass is 9.89. The summed E-state index contributed by atoms with van der Waals surface area (Å²) >= 11 is 1.46. The molecule has 1 aliphatic rings. The number of carboxylic acids is 1. The standard InChI is InChI=1S/C13H19N3O3S/c1-2-9-3-5-16(10(7-9)12(17)18)13(19)15-8-11-14-4-6-20-11/h4,6,9-10H,2-3,5,7-8H2,1H3,(H,15,19)(H,17,18). The van der Waals surface area contributed by atoms with Crippen molar-refractivity contribution < 1.29 is 14.7 Å². The van der Waals surface area contributed by atoms with E-state index >= 15 is 0 Å². The van der Waals surface area contributed by atoms with E-state index in [1.165, 1.54) is 16.2 Å². The quantitative estimate of drug-likeness (QED) is 0.889. The van der Waals surface area contributed by atoms with E-state index in [2.05, 4.69) is 17.2 Å². The topological polar surface area (TPSA) is 82.5 Å². The molecule has 2 atom stereocenters. The molecule has 1 fully saturated rings. The molecule has 7 heteroatoms. The number of thiazole rings is 1. The fourth-order valence-corrected chi connectivity index (χ4v) is 3.04. The SMILES string of the molecule is CCC1CCN(C(=O)NCc2nccs2)C(C(=O)O)C1. The van der Waals surface area contributed by atoms with Crippen LogP contribution in [0.4, 0.5) is 4.79 Å². The third kappa shape index (κ3) is 3.47.